The van der Waals surface area contributed by atoms with Crippen LogP contribution in [0.1, 0.15) is 37.1 Å². The van der Waals surface area contributed by atoms with E-state index in [1.165, 1.54) is 30.6 Å². The Balaban J connectivity index is 1.46. The lowest BCUT2D eigenvalue weighted by atomic mass is 9.74. The monoisotopic (exact) mass is 487 g/mol. The smallest absolute Gasteiger partial charge is 0.323 e. The number of anilines is 2. The van der Waals surface area contributed by atoms with Crippen molar-refractivity contribution >= 4 is 46.3 Å². The number of urea groups is 1. The van der Waals surface area contributed by atoms with E-state index in [4.69, 9.17) is 16.3 Å². The summed E-state index contributed by atoms with van der Waals surface area (Å²) in [5.74, 6) is -0.904. The fraction of sp³-hybridized carbons (Fsp3) is 0.292. The van der Waals surface area contributed by atoms with Gasteiger partial charge in [0, 0.05) is 11.9 Å². The Bertz CT molecular complexity index is 1160. The van der Waals surface area contributed by atoms with Crippen molar-refractivity contribution in [3.8, 4) is 10.4 Å². The lowest BCUT2D eigenvalue weighted by Crippen LogP contribution is -2.38. The van der Waals surface area contributed by atoms with Crippen LogP contribution in [0, 0.1) is 5.82 Å². The van der Waals surface area contributed by atoms with Gasteiger partial charge in [-0.15, -0.1) is 11.3 Å². The van der Waals surface area contributed by atoms with Gasteiger partial charge in [0.25, 0.3) is 0 Å². The van der Waals surface area contributed by atoms with E-state index in [9.17, 15) is 14.0 Å². The Kier molecular flexibility index (Phi) is 6.95. The maximum absolute atomic E-state index is 14.0. The molecule has 2 aromatic carbocycles. The molecule has 172 valence electrons. The summed E-state index contributed by atoms with van der Waals surface area (Å²) in [6.45, 7) is 0. The summed E-state index contributed by atoms with van der Waals surface area (Å²) in [6.07, 6.45) is 6.34. The molecule has 1 fully saturated rings. The number of thiazole rings is 1. The maximum atomic E-state index is 14.0. The van der Waals surface area contributed by atoms with Crippen molar-refractivity contribution in [2.24, 2.45) is 0 Å². The van der Waals surface area contributed by atoms with Crippen molar-refractivity contribution in [1.29, 1.82) is 0 Å². The molecule has 1 aromatic heterocycles. The number of halogens is 2. The number of carbonyl (C=O) groups is 2. The van der Waals surface area contributed by atoms with E-state index in [0.717, 1.165) is 47.6 Å². The average Bonchev–Trinajstić information content (AvgIpc) is 3.33. The number of hydrogen-bond acceptors (Lipinski definition) is 5. The molecule has 0 bridgehead atoms. The fourth-order valence-electron chi connectivity index (χ4n) is 4.09. The summed E-state index contributed by atoms with van der Waals surface area (Å²) in [5, 5.41) is 5.83. The molecule has 4 rings (SSSR count). The number of hydrogen-bond donors (Lipinski definition) is 2. The van der Waals surface area contributed by atoms with Crippen LogP contribution in [0.5, 0.6) is 0 Å². The minimum absolute atomic E-state index is 0.00365. The molecule has 1 aliphatic carbocycles. The van der Waals surface area contributed by atoms with Crippen LogP contribution in [0.4, 0.5) is 20.6 Å². The molecular formula is C24H23ClFN3O3S. The first-order chi connectivity index (χ1) is 15.9. The number of benzene rings is 2. The highest BCUT2D eigenvalue weighted by Gasteiger charge is 2.44. The van der Waals surface area contributed by atoms with E-state index in [0.29, 0.717) is 5.69 Å². The molecule has 6 nitrogen and oxygen atoms in total. The fourth-order valence-corrected chi connectivity index (χ4v) is 5.42. The minimum atomic E-state index is -0.687. The van der Waals surface area contributed by atoms with Gasteiger partial charge >= 0.3 is 12.0 Å². The molecule has 0 aliphatic heterocycles. The van der Waals surface area contributed by atoms with E-state index in [1.807, 2.05) is 12.1 Å². The topological polar surface area (TPSA) is 80.3 Å². The first kappa shape index (κ1) is 23.2. The third-order valence-corrected chi connectivity index (χ3v) is 7.37. The zero-order valence-electron chi connectivity index (χ0n) is 18.0. The number of methoxy groups -OCH3 is 1. The number of carbonyl (C=O) groups excluding carboxylic acids is 2. The van der Waals surface area contributed by atoms with E-state index in [2.05, 4.69) is 15.6 Å². The Labute approximate surface area is 200 Å². The van der Waals surface area contributed by atoms with E-state index in [-0.39, 0.29) is 16.7 Å². The van der Waals surface area contributed by atoms with Crippen LogP contribution in [0.25, 0.3) is 10.4 Å². The molecule has 9 heteroatoms. The Morgan fingerprint density at radius 2 is 1.82 bits per heavy atom. The van der Waals surface area contributed by atoms with Gasteiger partial charge in [-0.25, -0.2) is 14.2 Å². The van der Waals surface area contributed by atoms with Crippen molar-refractivity contribution in [1.82, 2.24) is 4.98 Å². The Morgan fingerprint density at radius 1 is 1.09 bits per heavy atom. The molecule has 1 saturated carbocycles. The quantitative estimate of drug-likeness (QED) is 0.396. The van der Waals surface area contributed by atoms with Gasteiger partial charge in [-0.1, -0.05) is 49.1 Å². The van der Waals surface area contributed by atoms with Crippen LogP contribution in [-0.4, -0.2) is 24.1 Å². The van der Waals surface area contributed by atoms with Gasteiger partial charge < -0.3 is 15.4 Å². The normalized spacial score (nSPS) is 15.0. The second-order valence-electron chi connectivity index (χ2n) is 7.92. The summed E-state index contributed by atoms with van der Waals surface area (Å²) in [5.41, 5.74) is 0.796. The third kappa shape index (κ3) is 4.86. The van der Waals surface area contributed by atoms with Gasteiger partial charge in [0.2, 0.25) is 0 Å². The SMILES string of the molecule is COC(=O)C1(c2ncc(-c3ccc(NC(=O)Nc4cccc(Cl)c4F)cc3)s2)CCCCC1. The largest absolute Gasteiger partial charge is 0.468 e. The van der Waals surface area contributed by atoms with E-state index >= 15 is 0 Å². The van der Waals surface area contributed by atoms with Gasteiger partial charge in [0.15, 0.2) is 5.82 Å². The van der Waals surface area contributed by atoms with Crippen molar-refractivity contribution in [2.45, 2.75) is 37.5 Å². The zero-order chi connectivity index (χ0) is 23.4. The summed E-state index contributed by atoms with van der Waals surface area (Å²) in [7, 11) is 1.43. The molecule has 1 aliphatic rings. The summed E-state index contributed by atoms with van der Waals surface area (Å²) in [4.78, 5) is 30.4. The standard InChI is InChI=1S/C24H23ClFN3O3S/c1-32-22(30)24(12-3-2-4-13-24)21-27-14-19(33-21)15-8-10-16(11-9-15)28-23(31)29-18-7-5-6-17(25)20(18)26/h5-11,14H,2-4,12-13H2,1H3,(H2,28,29,31). The van der Waals surface area contributed by atoms with Gasteiger partial charge in [0.05, 0.1) is 22.7 Å². The molecule has 1 heterocycles. The number of aromatic nitrogens is 1. The highest BCUT2D eigenvalue weighted by molar-refractivity contribution is 7.15. The van der Waals surface area contributed by atoms with Gasteiger partial charge in [-0.05, 0) is 42.7 Å². The molecule has 2 amide bonds. The van der Waals surface area contributed by atoms with Crippen LogP contribution in [0.3, 0.4) is 0 Å². The highest BCUT2D eigenvalue weighted by Crippen LogP contribution is 2.43. The number of nitrogens with zero attached hydrogens (tertiary/aromatic N) is 1. The van der Waals surface area contributed by atoms with Crippen molar-refractivity contribution in [3.63, 3.8) is 0 Å². The Morgan fingerprint density at radius 3 is 2.52 bits per heavy atom. The highest BCUT2D eigenvalue weighted by atomic mass is 35.5. The molecule has 0 saturated heterocycles. The summed E-state index contributed by atoms with van der Waals surface area (Å²) < 4.78 is 19.1. The summed E-state index contributed by atoms with van der Waals surface area (Å²) >= 11 is 7.24. The minimum Gasteiger partial charge on any atom is -0.468 e. The second-order valence-corrected chi connectivity index (χ2v) is 9.36. The average molecular weight is 488 g/mol. The number of nitrogens with one attached hydrogen (secondary N) is 2. The first-order valence-corrected chi connectivity index (χ1v) is 11.8. The number of esters is 1. The van der Waals surface area contributed by atoms with Gasteiger partial charge in [-0.2, -0.15) is 0 Å². The van der Waals surface area contributed by atoms with Crippen LogP contribution in [0.2, 0.25) is 5.02 Å². The van der Waals surface area contributed by atoms with Crippen LogP contribution >= 0.6 is 22.9 Å². The molecule has 0 radical (unpaired) electrons. The van der Waals surface area contributed by atoms with Crippen molar-refractivity contribution < 1.29 is 18.7 Å². The first-order valence-electron chi connectivity index (χ1n) is 10.6. The van der Waals surface area contributed by atoms with Crippen LogP contribution in [0.15, 0.2) is 48.7 Å². The lowest BCUT2D eigenvalue weighted by molar-refractivity contribution is -0.149. The predicted molar refractivity (Wildman–Crippen MR) is 128 cm³/mol. The third-order valence-electron chi connectivity index (χ3n) is 5.83. The van der Waals surface area contributed by atoms with Gasteiger partial charge in [-0.3, -0.25) is 4.79 Å². The Hall–Kier alpha value is -2.97. The number of ether oxygens (including phenoxy) is 1. The number of rotatable bonds is 5. The molecule has 2 N–H and O–H groups in total. The molecular weight excluding hydrogens is 465 g/mol. The van der Waals surface area contributed by atoms with Crippen LogP contribution < -0.4 is 10.6 Å². The van der Waals surface area contributed by atoms with Gasteiger partial charge in [0.1, 0.15) is 10.4 Å². The summed E-state index contributed by atoms with van der Waals surface area (Å²) in [6, 6.07) is 11.0. The van der Waals surface area contributed by atoms with E-state index < -0.39 is 17.3 Å². The molecule has 0 atom stereocenters. The lowest BCUT2D eigenvalue weighted by Gasteiger charge is -2.32. The maximum Gasteiger partial charge on any atom is 0.323 e. The zero-order valence-corrected chi connectivity index (χ0v) is 19.6. The predicted octanol–water partition coefficient (Wildman–Crippen LogP) is 6.62. The molecule has 33 heavy (non-hydrogen) atoms. The van der Waals surface area contributed by atoms with Crippen molar-refractivity contribution in [3.05, 3.63) is 64.5 Å². The van der Waals surface area contributed by atoms with Crippen molar-refractivity contribution in [2.75, 3.05) is 17.7 Å². The molecule has 3 aromatic rings. The second kappa shape index (κ2) is 9.89. The molecule has 0 spiro atoms. The molecule has 0 unspecified atom stereocenters. The number of amides is 2. The van der Waals surface area contributed by atoms with Crippen LogP contribution in [-0.2, 0) is 14.9 Å². The van der Waals surface area contributed by atoms with E-state index in [1.54, 1.807) is 24.4 Å².